The number of aromatic nitrogens is 4. The Morgan fingerprint density at radius 2 is 1.93 bits per heavy atom. The summed E-state index contributed by atoms with van der Waals surface area (Å²) in [6, 6.07) is 16.0. The molecular formula is C24H18N4OS. The van der Waals surface area contributed by atoms with Crippen LogP contribution in [0.25, 0.3) is 32.9 Å². The Bertz CT molecular complexity index is 1390. The SMILES string of the molecule is O[C@]1(c2cccc(-c3csc(-c4c[nH]c5ncccc45)n3)c2)CCc2cccnc21. The number of pyridine rings is 2. The smallest absolute Gasteiger partial charge is 0.137 e. The molecule has 0 radical (unpaired) electrons. The Balaban J connectivity index is 1.40. The number of H-pyrrole nitrogens is 1. The van der Waals surface area contributed by atoms with Gasteiger partial charge in [0.25, 0.3) is 0 Å². The summed E-state index contributed by atoms with van der Waals surface area (Å²) >= 11 is 1.61. The lowest BCUT2D eigenvalue weighted by molar-refractivity contribution is 0.0788. The fourth-order valence-electron chi connectivity index (χ4n) is 4.33. The van der Waals surface area contributed by atoms with E-state index in [9.17, 15) is 5.11 Å². The Labute approximate surface area is 177 Å². The monoisotopic (exact) mass is 410 g/mol. The van der Waals surface area contributed by atoms with Crippen LogP contribution >= 0.6 is 11.3 Å². The molecule has 30 heavy (non-hydrogen) atoms. The Kier molecular flexibility index (Phi) is 3.84. The van der Waals surface area contributed by atoms with Gasteiger partial charge in [0.15, 0.2) is 0 Å². The van der Waals surface area contributed by atoms with Crippen LogP contribution in [0, 0.1) is 0 Å². The van der Waals surface area contributed by atoms with E-state index in [1.54, 1.807) is 23.7 Å². The van der Waals surface area contributed by atoms with Crippen molar-refractivity contribution in [1.29, 1.82) is 0 Å². The summed E-state index contributed by atoms with van der Waals surface area (Å²) in [5, 5.41) is 15.5. The third-order valence-electron chi connectivity index (χ3n) is 5.86. The molecule has 1 aromatic carbocycles. The first kappa shape index (κ1) is 17.5. The molecule has 0 spiro atoms. The molecule has 1 aliphatic carbocycles. The number of aryl methyl sites for hydroxylation is 1. The number of hydrogen-bond acceptors (Lipinski definition) is 5. The van der Waals surface area contributed by atoms with Crippen molar-refractivity contribution >= 4 is 22.4 Å². The van der Waals surface area contributed by atoms with E-state index >= 15 is 0 Å². The summed E-state index contributed by atoms with van der Waals surface area (Å²) < 4.78 is 0. The third kappa shape index (κ3) is 2.61. The molecule has 1 aliphatic rings. The normalized spacial score (nSPS) is 18.0. The minimum absolute atomic E-state index is 0.646. The maximum Gasteiger partial charge on any atom is 0.137 e. The zero-order valence-electron chi connectivity index (χ0n) is 16.0. The number of thiazole rings is 1. The van der Waals surface area contributed by atoms with Crippen molar-refractivity contribution < 1.29 is 5.11 Å². The number of aliphatic hydroxyl groups is 1. The van der Waals surface area contributed by atoms with Crippen LogP contribution < -0.4 is 0 Å². The second kappa shape index (κ2) is 6.58. The second-order valence-corrected chi connectivity index (χ2v) is 8.45. The minimum atomic E-state index is -1.05. The van der Waals surface area contributed by atoms with E-state index in [-0.39, 0.29) is 0 Å². The second-order valence-electron chi connectivity index (χ2n) is 7.59. The van der Waals surface area contributed by atoms with Crippen LogP contribution in [0.3, 0.4) is 0 Å². The van der Waals surface area contributed by atoms with Gasteiger partial charge < -0.3 is 10.1 Å². The highest BCUT2D eigenvalue weighted by molar-refractivity contribution is 7.13. The molecule has 4 aromatic heterocycles. The molecule has 0 aliphatic heterocycles. The number of rotatable bonds is 3. The summed E-state index contributed by atoms with van der Waals surface area (Å²) in [6.07, 6.45) is 6.97. The fourth-order valence-corrected chi connectivity index (χ4v) is 5.19. The molecule has 0 saturated heterocycles. The lowest BCUT2D eigenvalue weighted by Crippen LogP contribution is -2.25. The molecule has 0 saturated carbocycles. The van der Waals surface area contributed by atoms with Gasteiger partial charge in [-0.2, -0.15) is 0 Å². The molecule has 4 heterocycles. The molecule has 0 unspecified atom stereocenters. The minimum Gasteiger partial charge on any atom is -0.379 e. The molecule has 6 heteroatoms. The molecule has 146 valence electrons. The molecule has 5 nitrogen and oxygen atoms in total. The zero-order valence-corrected chi connectivity index (χ0v) is 16.9. The first-order chi connectivity index (χ1) is 14.7. The third-order valence-corrected chi connectivity index (χ3v) is 6.74. The van der Waals surface area contributed by atoms with Gasteiger partial charge in [0.05, 0.1) is 11.4 Å². The molecule has 0 amide bonds. The van der Waals surface area contributed by atoms with Gasteiger partial charge in [-0.1, -0.05) is 24.3 Å². The molecule has 5 aromatic rings. The van der Waals surface area contributed by atoms with E-state index in [2.05, 4.69) is 26.4 Å². The highest BCUT2D eigenvalue weighted by atomic mass is 32.1. The molecule has 1 atom stereocenters. The fraction of sp³-hybridized carbons (Fsp3) is 0.125. The van der Waals surface area contributed by atoms with Crippen LogP contribution in [0.2, 0.25) is 0 Å². The summed E-state index contributed by atoms with van der Waals surface area (Å²) in [5.41, 5.74) is 5.51. The van der Waals surface area contributed by atoms with E-state index in [1.807, 2.05) is 48.7 Å². The van der Waals surface area contributed by atoms with Crippen molar-refractivity contribution in [1.82, 2.24) is 19.9 Å². The van der Waals surface area contributed by atoms with E-state index in [0.29, 0.717) is 6.42 Å². The Hall–Kier alpha value is -3.35. The highest BCUT2D eigenvalue weighted by Crippen LogP contribution is 2.42. The molecule has 6 rings (SSSR count). The van der Waals surface area contributed by atoms with Gasteiger partial charge in [-0.15, -0.1) is 11.3 Å². The van der Waals surface area contributed by atoms with E-state index in [0.717, 1.165) is 56.1 Å². The molecule has 0 fully saturated rings. The predicted octanol–water partition coefficient (Wildman–Crippen LogP) is 4.93. The highest BCUT2D eigenvalue weighted by Gasteiger charge is 2.39. The van der Waals surface area contributed by atoms with Gasteiger partial charge in [0.2, 0.25) is 0 Å². The summed E-state index contributed by atoms with van der Waals surface area (Å²) in [6.45, 7) is 0. The first-order valence-electron chi connectivity index (χ1n) is 9.88. The number of nitrogens with zero attached hydrogens (tertiary/aromatic N) is 3. The zero-order chi connectivity index (χ0) is 20.1. The topological polar surface area (TPSA) is 74.7 Å². The van der Waals surface area contributed by atoms with Crippen LogP contribution in [0.1, 0.15) is 23.2 Å². The summed E-state index contributed by atoms with van der Waals surface area (Å²) in [4.78, 5) is 16.9. The van der Waals surface area contributed by atoms with Gasteiger partial charge >= 0.3 is 0 Å². The van der Waals surface area contributed by atoms with Crippen molar-refractivity contribution in [3.63, 3.8) is 0 Å². The largest absolute Gasteiger partial charge is 0.379 e. The van der Waals surface area contributed by atoms with Gasteiger partial charge in [0, 0.05) is 40.5 Å². The number of benzene rings is 1. The standard InChI is InChI=1S/C24H18N4OS/c29-24(9-8-15-5-2-10-25-21(15)24)17-6-1-4-16(12-17)20-14-30-23(28-20)19-13-27-22-18(19)7-3-11-26-22/h1-7,10-14,29H,8-9H2,(H,26,27)/t24-/m0/s1. The van der Waals surface area contributed by atoms with Crippen molar-refractivity contribution in [3.05, 3.63) is 89.3 Å². The summed E-state index contributed by atoms with van der Waals surface area (Å²) in [7, 11) is 0. The van der Waals surface area contributed by atoms with Crippen molar-refractivity contribution in [3.8, 4) is 21.8 Å². The van der Waals surface area contributed by atoms with Crippen LogP contribution in [0.5, 0.6) is 0 Å². The molecule has 0 bridgehead atoms. The molecular weight excluding hydrogens is 392 g/mol. The summed E-state index contributed by atoms with van der Waals surface area (Å²) in [5.74, 6) is 0. The average molecular weight is 411 g/mol. The van der Waals surface area contributed by atoms with E-state index < -0.39 is 5.60 Å². The number of fused-ring (bicyclic) bond motifs is 2. The van der Waals surface area contributed by atoms with Crippen LogP contribution in [-0.4, -0.2) is 25.0 Å². The van der Waals surface area contributed by atoms with Crippen LogP contribution in [0.4, 0.5) is 0 Å². The number of aromatic amines is 1. The predicted molar refractivity (Wildman–Crippen MR) is 118 cm³/mol. The van der Waals surface area contributed by atoms with E-state index in [1.165, 1.54) is 0 Å². The maximum atomic E-state index is 11.5. The molecule has 2 N–H and O–H groups in total. The van der Waals surface area contributed by atoms with Crippen molar-refractivity contribution in [2.75, 3.05) is 0 Å². The Morgan fingerprint density at radius 3 is 2.90 bits per heavy atom. The van der Waals surface area contributed by atoms with E-state index in [4.69, 9.17) is 4.98 Å². The average Bonchev–Trinajstić information content (AvgIpc) is 3.52. The number of hydrogen-bond donors (Lipinski definition) is 2. The maximum absolute atomic E-state index is 11.5. The van der Waals surface area contributed by atoms with Crippen molar-refractivity contribution in [2.24, 2.45) is 0 Å². The first-order valence-corrected chi connectivity index (χ1v) is 10.8. The van der Waals surface area contributed by atoms with Crippen LogP contribution in [-0.2, 0) is 12.0 Å². The van der Waals surface area contributed by atoms with Gasteiger partial charge in [-0.3, -0.25) is 4.98 Å². The quantitative estimate of drug-likeness (QED) is 0.442. The lowest BCUT2D eigenvalue weighted by Gasteiger charge is -2.24. The van der Waals surface area contributed by atoms with Crippen molar-refractivity contribution in [2.45, 2.75) is 18.4 Å². The lowest BCUT2D eigenvalue weighted by atomic mass is 9.89. The Morgan fingerprint density at radius 1 is 1.03 bits per heavy atom. The van der Waals surface area contributed by atoms with Gasteiger partial charge in [-0.25, -0.2) is 9.97 Å². The van der Waals surface area contributed by atoms with Gasteiger partial charge in [-0.05, 0) is 48.2 Å². The van der Waals surface area contributed by atoms with Crippen LogP contribution in [0.15, 0.2) is 72.5 Å². The number of nitrogens with one attached hydrogen (secondary N) is 1. The van der Waals surface area contributed by atoms with Gasteiger partial charge in [0.1, 0.15) is 16.3 Å².